The highest BCUT2D eigenvalue weighted by atomic mass is 35.5. The first-order valence-corrected chi connectivity index (χ1v) is 9.95. The molecule has 3 amide bonds. The SMILES string of the molecule is CC(C(=O)N1CCc2c(cccc2NC(=O)Nc2ccc(F)cc2)C1)C1CNC1.Cl. The van der Waals surface area contributed by atoms with E-state index in [4.69, 9.17) is 0 Å². The van der Waals surface area contributed by atoms with Crippen LogP contribution in [0.1, 0.15) is 18.1 Å². The number of hydrogen-bond acceptors (Lipinski definition) is 3. The van der Waals surface area contributed by atoms with Crippen LogP contribution in [-0.2, 0) is 17.8 Å². The van der Waals surface area contributed by atoms with Gasteiger partial charge >= 0.3 is 6.03 Å². The Hall–Kier alpha value is -2.64. The Kier molecular flexibility index (Phi) is 6.95. The minimum Gasteiger partial charge on any atom is -0.338 e. The summed E-state index contributed by atoms with van der Waals surface area (Å²) >= 11 is 0. The van der Waals surface area contributed by atoms with Crippen LogP contribution >= 0.6 is 12.4 Å². The molecule has 160 valence electrons. The lowest BCUT2D eigenvalue weighted by molar-refractivity contribution is -0.138. The van der Waals surface area contributed by atoms with Crippen molar-refractivity contribution in [2.45, 2.75) is 19.9 Å². The minimum absolute atomic E-state index is 0. The van der Waals surface area contributed by atoms with Crippen LogP contribution in [0, 0.1) is 17.7 Å². The van der Waals surface area contributed by atoms with Gasteiger partial charge in [-0.1, -0.05) is 19.1 Å². The molecular formula is C22H26ClFN4O2. The lowest BCUT2D eigenvalue weighted by Crippen LogP contribution is -2.51. The van der Waals surface area contributed by atoms with Crippen LogP contribution in [0.2, 0.25) is 0 Å². The highest BCUT2D eigenvalue weighted by Gasteiger charge is 2.33. The molecule has 2 aliphatic rings. The monoisotopic (exact) mass is 432 g/mol. The maximum absolute atomic E-state index is 13.0. The van der Waals surface area contributed by atoms with Crippen LogP contribution in [0.25, 0.3) is 0 Å². The molecule has 3 N–H and O–H groups in total. The van der Waals surface area contributed by atoms with Gasteiger partial charge in [-0.2, -0.15) is 0 Å². The number of halogens is 2. The van der Waals surface area contributed by atoms with Crippen molar-refractivity contribution < 1.29 is 14.0 Å². The average molecular weight is 433 g/mol. The van der Waals surface area contributed by atoms with E-state index in [1.54, 1.807) is 0 Å². The van der Waals surface area contributed by atoms with Crippen molar-refractivity contribution in [2.24, 2.45) is 11.8 Å². The summed E-state index contributed by atoms with van der Waals surface area (Å²) in [6.45, 7) is 5.05. The predicted molar refractivity (Wildman–Crippen MR) is 117 cm³/mol. The van der Waals surface area contributed by atoms with E-state index in [0.717, 1.165) is 29.9 Å². The zero-order valence-electron chi connectivity index (χ0n) is 16.8. The van der Waals surface area contributed by atoms with Gasteiger partial charge in [0.25, 0.3) is 0 Å². The fourth-order valence-corrected chi connectivity index (χ4v) is 3.89. The van der Waals surface area contributed by atoms with E-state index < -0.39 is 0 Å². The van der Waals surface area contributed by atoms with E-state index >= 15 is 0 Å². The number of amides is 3. The zero-order valence-corrected chi connectivity index (χ0v) is 17.6. The van der Waals surface area contributed by atoms with E-state index in [0.29, 0.717) is 31.1 Å². The topological polar surface area (TPSA) is 73.5 Å². The highest BCUT2D eigenvalue weighted by Crippen LogP contribution is 2.28. The molecule has 1 fully saturated rings. The summed E-state index contributed by atoms with van der Waals surface area (Å²) in [5.41, 5.74) is 3.38. The molecular weight excluding hydrogens is 407 g/mol. The minimum atomic E-state index is -0.380. The Balaban J connectivity index is 0.00000256. The second kappa shape index (κ2) is 9.45. The first kappa shape index (κ1) is 22.1. The maximum Gasteiger partial charge on any atom is 0.323 e. The summed E-state index contributed by atoms with van der Waals surface area (Å²) in [6.07, 6.45) is 0.698. The van der Waals surface area contributed by atoms with E-state index in [1.165, 1.54) is 24.3 Å². The molecule has 0 saturated carbocycles. The van der Waals surface area contributed by atoms with Gasteiger partial charge < -0.3 is 20.9 Å². The third kappa shape index (κ3) is 4.74. The summed E-state index contributed by atoms with van der Waals surface area (Å²) < 4.78 is 13.0. The van der Waals surface area contributed by atoms with Crippen molar-refractivity contribution in [1.29, 1.82) is 0 Å². The molecule has 6 nitrogen and oxygen atoms in total. The molecule has 8 heteroatoms. The second-order valence-corrected chi connectivity index (χ2v) is 7.75. The number of nitrogens with one attached hydrogen (secondary N) is 3. The molecule has 1 atom stereocenters. The van der Waals surface area contributed by atoms with Gasteiger partial charge in [0, 0.05) is 30.4 Å². The summed E-state index contributed by atoms with van der Waals surface area (Å²) in [4.78, 5) is 27.1. The standard InChI is InChI=1S/C22H25FN4O2.ClH/c1-14(16-11-24-12-16)21(28)27-10-9-19-15(13-27)3-2-4-20(19)26-22(29)25-18-7-5-17(23)6-8-18;/h2-8,14,16,24H,9-13H2,1H3,(H2,25,26,29);1H. The van der Waals surface area contributed by atoms with Crippen molar-refractivity contribution in [3.8, 4) is 0 Å². The molecule has 1 unspecified atom stereocenters. The Labute approximate surface area is 181 Å². The van der Waals surface area contributed by atoms with Gasteiger partial charge in [0.15, 0.2) is 0 Å². The van der Waals surface area contributed by atoms with E-state index in [2.05, 4.69) is 16.0 Å². The fourth-order valence-electron chi connectivity index (χ4n) is 3.89. The number of fused-ring (bicyclic) bond motifs is 1. The highest BCUT2D eigenvalue weighted by molar-refractivity contribution is 6.00. The number of rotatable bonds is 4. The summed E-state index contributed by atoms with van der Waals surface area (Å²) in [6, 6.07) is 11.0. The summed E-state index contributed by atoms with van der Waals surface area (Å²) in [7, 11) is 0. The smallest absolute Gasteiger partial charge is 0.323 e. The molecule has 2 aliphatic heterocycles. The van der Waals surface area contributed by atoms with Crippen LogP contribution < -0.4 is 16.0 Å². The third-order valence-electron chi connectivity index (χ3n) is 5.84. The summed E-state index contributed by atoms with van der Waals surface area (Å²) in [5, 5.41) is 8.81. The Bertz CT molecular complexity index is 918. The van der Waals surface area contributed by atoms with Crippen molar-refractivity contribution in [2.75, 3.05) is 30.3 Å². The number of hydrogen-bond donors (Lipinski definition) is 3. The number of carbonyl (C=O) groups excluding carboxylic acids is 2. The first-order valence-electron chi connectivity index (χ1n) is 9.95. The van der Waals surface area contributed by atoms with Gasteiger partial charge in [-0.05, 0) is 66.9 Å². The van der Waals surface area contributed by atoms with Crippen LogP contribution in [0.5, 0.6) is 0 Å². The van der Waals surface area contributed by atoms with Gasteiger partial charge in [0.1, 0.15) is 5.82 Å². The molecule has 2 aromatic carbocycles. The van der Waals surface area contributed by atoms with Crippen molar-refractivity contribution in [1.82, 2.24) is 10.2 Å². The van der Waals surface area contributed by atoms with Crippen molar-refractivity contribution >= 4 is 35.7 Å². The third-order valence-corrected chi connectivity index (χ3v) is 5.84. The van der Waals surface area contributed by atoms with Gasteiger partial charge in [0.2, 0.25) is 5.91 Å². The van der Waals surface area contributed by atoms with Gasteiger partial charge in [-0.25, -0.2) is 9.18 Å². The number of carbonyl (C=O) groups is 2. The number of urea groups is 1. The number of benzene rings is 2. The molecule has 0 aliphatic carbocycles. The van der Waals surface area contributed by atoms with Crippen LogP contribution in [-0.4, -0.2) is 36.5 Å². The van der Waals surface area contributed by atoms with E-state index in [-0.39, 0.29) is 36.1 Å². The van der Waals surface area contributed by atoms with Gasteiger partial charge in [0.05, 0.1) is 0 Å². The first-order chi connectivity index (χ1) is 14.0. The Morgan fingerprint density at radius 1 is 1.13 bits per heavy atom. The Morgan fingerprint density at radius 2 is 1.87 bits per heavy atom. The molecule has 0 bridgehead atoms. The fraction of sp³-hybridized carbons (Fsp3) is 0.364. The molecule has 30 heavy (non-hydrogen) atoms. The van der Waals surface area contributed by atoms with Crippen LogP contribution in [0.15, 0.2) is 42.5 Å². The zero-order chi connectivity index (χ0) is 20.4. The van der Waals surface area contributed by atoms with E-state index in [1.807, 2.05) is 30.0 Å². The van der Waals surface area contributed by atoms with Crippen molar-refractivity contribution in [3.05, 3.63) is 59.4 Å². The Morgan fingerprint density at radius 3 is 2.53 bits per heavy atom. The van der Waals surface area contributed by atoms with Crippen LogP contribution in [0.3, 0.4) is 0 Å². The average Bonchev–Trinajstić information content (AvgIpc) is 2.67. The lowest BCUT2D eigenvalue weighted by Gasteiger charge is -2.37. The molecule has 2 aromatic rings. The molecule has 0 radical (unpaired) electrons. The largest absolute Gasteiger partial charge is 0.338 e. The van der Waals surface area contributed by atoms with Crippen molar-refractivity contribution in [3.63, 3.8) is 0 Å². The molecule has 1 saturated heterocycles. The molecule has 4 rings (SSSR count). The quantitative estimate of drug-likeness (QED) is 0.690. The summed E-state index contributed by atoms with van der Waals surface area (Å²) in [5.74, 6) is 0.303. The van der Waals surface area contributed by atoms with Gasteiger partial charge in [-0.3, -0.25) is 4.79 Å². The van der Waals surface area contributed by atoms with E-state index in [9.17, 15) is 14.0 Å². The van der Waals surface area contributed by atoms with Gasteiger partial charge in [-0.15, -0.1) is 12.4 Å². The number of nitrogens with zero attached hydrogens (tertiary/aromatic N) is 1. The number of anilines is 2. The predicted octanol–water partition coefficient (Wildman–Crippen LogP) is 3.63. The normalized spacial score (nSPS) is 16.5. The molecule has 2 heterocycles. The maximum atomic E-state index is 13.0. The molecule has 0 aromatic heterocycles. The van der Waals surface area contributed by atoms with Crippen LogP contribution in [0.4, 0.5) is 20.6 Å². The molecule has 0 spiro atoms. The lowest BCUT2D eigenvalue weighted by atomic mass is 9.87. The second-order valence-electron chi connectivity index (χ2n) is 7.75.